The Morgan fingerprint density at radius 1 is 1.27 bits per heavy atom. The maximum absolute atomic E-state index is 12.4. The summed E-state index contributed by atoms with van der Waals surface area (Å²) in [6.45, 7) is 6.33. The molecule has 1 amide bonds. The number of nitrogens with one attached hydrogen (secondary N) is 1. The summed E-state index contributed by atoms with van der Waals surface area (Å²) in [4.78, 5) is 17.6. The molecule has 1 aromatic carbocycles. The molecule has 0 aliphatic heterocycles. The normalized spacial score (nSPS) is 11.8. The summed E-state index contributed by atoms with van der Waals surface area (Å²) in [6, 6.07) is 7.93. The fourth-order valence-electron chi connectivity index (χ4n) is 1.95. The Hall–Kier alpha value is -1.24. The molecule has 0 unspecified atom stereocenters. The van der Waals surface area contributed by atoms with Crippen molar-refractivity contribution in [1.82, 2.24) is 4.98 Å². The van der Waals surface area contributed by atoms with Crippen LogP contribution in [0, 0.1) is 0 Å². The number of aromatic nitrogens is 1. The first-order valence-electron chi connectivity index (χ1n) is 6.79. The van der Waals surface area contributed by atoms with E-state index >= 15 is 0 Å². The van der Waals surface area contributed by atoms with Crippen LogP contribution in [0.3, 0.4) is 0 Å². The number of rotatable bonds is 2. The van der Waals surface area contributed by atoms with Gasteiger partial charge in [-0.1, -0.05) is 42.8 Å². The second kappa shape index (κ2) is 5.76. The molecule has 0 saturated heterocycles. The van der Waals surface area contributed by atoms with Crippen LogP contribution in [0.2, 0.25) is 0 Å². The molecule has 3 rings (SSSR count). The Labute approximate surface area is 145 Å². The largest absolute Gasteiger partial charge is 0.297 e. The number of carbonyl (C=O) groups is 1. The van der Waals surface area contributed by atoms with E-state index in [0.29, 0.717) is 10.0 Å². The number of hydrogen-bond acceptors (Lipinski definition) is 4. The topological polar surface area (TPSA) is 42.0 Å². The van der Waals surface area contributed by atoms with E-state index in [1.807, 2.05) is 29.6 Å². The zero-order valence-electron chi connectivity index (χ0n) is 12.4. The van der Waals surface area contributed by atoms with Gasteiger partial charge in [0, 0.05) is 20.0 Å². The van der Waals surface area contributed by atoms with Crippen LogP contribution in [0.4, 0.5) is 5.13 Å². The lowest BCUT2D eigenvalue weighted by Gasteiger charge is -2.14. The van der Waals surface area contributed by atoms with Gasteiger partial charge in [-0.15, -0.1) is 22.7 Å². The van der Waals surface area contributed by atoms with Crippen LogP contribution in [-0.2, 0) is 5.41 Å². The molecule has 0 atom stereocenters. The lowest BCUT2D eigenvalue weighted by atomic mass is 9.93. The van der Waals surface area contributed by atoms with Crippen molar-refractivity contribution >= 4 is 59.7 Å². The molecule has 3 nitrogen and oxygen atoms in total. The average molecular weight is 395 g/mol. The zero-order chi connectivity index (χ0) is 15.9. The van der Waals surface area contributed by atoms with Gasteiger partial charge in [-0.05, 0) is 23.6 Å². The Balaban J connectivity index is 1.82. The quantitative estimate of drug-likeness (QED) is 0.608. The minimum Gasteiger partial charge on any atom is -0.297 e. The number of thiophene rings is 1. The Bertz CT molecular complexity index is 845. The van der Waals surface area contributed by atoms with E-state index in [9.17, 15) is 4.79 Å². The summed E-state index contributed by atoms with van der Waals surface area (Å²) in [6.07, 6.45) is 0. The van der Waals surface area contributed by atoms with Gasteiger partial charge in [0.1, 0.15) is 0 Å². The van der Waals surface area contributed by atoms with E-state index in [-0.39, 0.29) is 11.3 Å². The molecule has 0 bridgehead atoms. The van der Waals surface area contributed by atoms with Crippen LogP contribution in [-0.4, -0.2) is 10.9 Å². The molecule has 0 radical (unpaired) electrons. The van der Waals surface area contributed by atoms with Crippen molar-refractivity contribution in [2.24, 2.45) is 0 Å². The number of amides is 1. The standard InChI is InChI=1S/C16H15BrN2OS2/c1-16(2,3)13-8-21-15(18-13)19-14(20)12-6-9-4-5-10(17)7-11(9)22-12/h4-8H,1-3H3,(H,18,19,20). The summed E-state index contributed by atoms with van der Waals surface area (Å²) < 4.78 is 2.11. The number of nitrogens with zero attached hydrogens (tertiary/aromatic N) is 1. The van der Waals surface area contributed by atoms with Gasteiger partial charge in [-0.2, -0.15) is 0 Å². The lowest BCUT2D eigenvalue weighted by Crippen LogP contribution is -2.13. The van der Waals surface area contributed by atoms with Crippen molar-refractivity contribution < 1.29 is 4.79 Å². The van der Waals surface area contributed by atoms with Crippen molar-refractivity contribution in [3.8, 4) is 0 Å². The SMILES string of the molecule is CC(C)(C)c1csc(NC(=O)c2cc3ccc(Br)cc3s2)n1. The highest BCUT2D eigenvalue weighted by molar-refractivity contribution is 9.10. The number of carbonyl (C=O) groups excluding carboxylic acids is 1. The lowest BCUT2D eigenvalue weighted by molar-refractivity contribution is 0.103. The summed E-state index contributed by atoms with van der Waals surface area (Å²) in [5, 5.41) is 6.61. The van der Waals surface area contributed by atoms with E-state index < -0.39 is 0 Å². The summed E-state index contributed by atoms with van der Waals surface area (Å²) in [5.74, 6) is -0.105. The van der Waals surface area contributed by atoms with Crippen LogP contribution in [0.15, 0.2) is 34.1 Å². The van der Waals surface area contributed by atoms with Crippen molar-refractivity contribution in [3.63, 3.8) is 0 Å². The maximum Gasteiger partial charge on any atom is 0.267 e. The average Bonchev–Trinajstić information content (AvgIpc) is 3.03. The van der Waals surface area contributed by atoms with Crippen LogP contribution >= 0.6 is 38.6 Å². The molecule has 1 N–H and O–H groups in total. The van der Waals surface area contributed by atoms with E-state index in [1.54, 1.807) is 0 Å². The van der Waals surface area contributed by atoms with Gasteiger partial charge >= 0.3 is 0 Å². The number of halogens is 1. The number of thiazole rings is 1. The molecule has 0 spiro atoms. The zero-order valence-corrected chi connectivity index (χ0v) is 15.7. The van der Waals surface area contributed by atoms with Crippen LogP contribution < -0.4 is 5.32 Å². The van der Waals surface area contributed by atoms with Crippen LogP contribution in [0.25, 0.3) is 10.1 Å². The third-order valence-corrected chi connectivity index (χ3v) is 5.55. The predicted octanol–water partition coefficient (Wildman–Crippen LogP) is 5.67. The second-order valence-corrected chi connectivity index (χ2v) is 8.89. The molecular weight excluding hydrogens is 380 g/mol. The molecule has 114 valence electrons. The van der Waals surface area contributed by atoms with Crippen LogP contribution in [0.1, 0.15) is 36.1 Å². The number of benzene rings is 1. The smallest absolute Gasteiger partial charge is 0.267 e. The first kappa shape index (κ1) is 15.6. The molecule has 0 fully saturated rings. The van der Waals surface area contributed by atoms with Crippen molar-refractivity contribution in [1.29, 1.82) is 0 Å². The molecule has 0 saturated carbocycles. The monoisotopic (exact) mass is 394 g/mol. The fourth-order valence-corrected chi connectivity index (χ4v) is 4.39. The summed E-state index contributed by atoms with van der Waals surface area (Å²) >= 11 is 6.40. The highest BCUT2D eigenvalue weighted by Crippen LogP contribution is 2.30. The maximum atomic E-state index is 12.4. The van der Waals surface area contributed by atoms with Crippen molar-refractivity contribution in [2.45, 2.75) is 26.2 Å². The number of hydrogen-bond donors (Lipinski definition) is 1. The molecule has 2 heterocycles. The third kappa shape index (κ3) is 3.24. The minimum absolute atomic E-state index is 0.0105. The van der Waals surface area contributed by atoms with Gasteiger partial charge < -0.3 is 0 Å². The third-order valence-electron chi connectivity index (χ3n) is 3.20. The van der Waals surface area contributed by atoms with E-state index in [4.69, 9.17) is 0 Å². The molecule has 3 aromatic rings. The molecular formula is C16H15BrN2OS2. The van der Waals surface area contributed by atoms with Gasteiger partial charge in [0.25, 0.3) is 5.91 Å². The van der Waals surface area contributed by atoms with Gasteiger partial charge in [-0.3, -0.25) is 10.1 Å². The molecule has 0 aliphatic carbocycles. The Kier molecular flexibility index (Phi) is 4.09. The minimum atomic E-state index is -0.105. The fraction of sp³-hybridized carbons (Fsp3) is 0.250. The summed E-state index contributed by atoms with van der Waals surface area (Å²) in [7, 11) is 0. The van der Waals surface area contributed by atoms with Crippen molar-refractivity contribution in [3.05, 3.63) is 44.7 Å². The highest BCUT2D eigenvalue weighted by atomic mass is 79.9. The van der Waals surface area contributed by atoms with Gasteiger partial charge in [0.05, 0.1) is 10.6 Å². The van der Waals surface area contributed by atoms with Crippen molar-refractivity contribution in [2.75, 3.05) is 5.32 Å². The predicted molar refractivity (Wildman–Crippen MR) is 98.3 cm³/mol. The first-order chi connectivity index (χ1) is 10.3. The summed E-state index contributed by atoms with van der Waals surface area (Å²) in [5.41, 5.74) is 0.983. The van der Waals surface area contributed by atoms with E-state index in [2.05, 4.69) is 47.0 Å². The second-order valence-electron chi connectivity index (χ2n) is 6.03. The van der Waals surface area contributed by atoms with Gasteiger partial charge in [0.2, 0.25) is 0 Å². The van der Waals surface area contributed by atoms with Gasteiger partial charge in [0.15, 0.2) is 5.13 Å². The van der Waals surface area contributed by atoms with E-state index in [1.165, 1.54) is 22.7 Å². The van der Waals surface area contributed by atoms with E-state index in [0.717, 1.165) is 20.3 Å². The van der Waals surface area contributed by atoms with Crippen LogP contribution in [0.5, 0.6) is 0 Å². The van der Waals surface area contributed by atoms with Gasteiger partial charge in [-0.25, -0.2) is 4.98 Å². The highest BCUT2D eigenvalue weighted by Gasteiger charge is 2.19. The molecule has 2 aromatic heterocycles. The molecule has 22 heavy (non-hydrogen) atoms. The Morgan fingerprint density at radius 3 is 2.73 bits per heavy atom. The Morgan fingerprint density at radius 2 is 2.05 bits per heavy atom. The number of anilines is 1. The molecule has 0 aliphatic rings. The molecule has 6 heteroatoms. The number of fused-ring (bicyclic) bond motifs is 1. The first-order valence-corrected chi connectivity index (χ1v) is 9.28.